The molecule has 0 bridgehead atoms. The Bertz CT molecular complexity index is 1570. The van der Waals surface area contributed by atoms with Crippen molar-refractivity contribution in [1.29, 1.82) is 5.26 Å². The van der Waals surface area contributed by atoms with E-state index in [2.05, 4.69) is 15.1 Å². The number of aryl methyl sites for hydroxylation is 1. The van der Waals surface area contributed by atoms with E-state index >= 15 is 0 Å². The fourth-order valence-electron chi connectivity index (χ4n) is 3.49. The molecule has 12 heteroatoms. The molecule has 170 valence electrons. The first-order valence-corrected chi connectivity index (χ1v) is 12.0. The molecule has 0 atom stereocenters. The fourth-order valence-corrected chi connectivity index (χ4v) is 5.97. The minimum Gasteiger partial charge on any atom is -0.231 e. The first-order valence-electron chi connectivity index (χ1n) is 9.55. The molecule has 0 aliphatic carbocycles. The fraction of sp³-hybridized carbons (Fsp3) is 0.0909. The Kier molecular flexibility index (Phi) is 5.61. The lowest BCUT2D eigenvalue weighted by atomic mass is 10.2. The molecule has 0 N–H and O–H groups in total. The van der Waals surface area contributed by atoms with Gasteiger partial charge in [0.25, 0.3) is 0 Å². The molecule has 34 heavy (non-hydrogen) atoms. The third kappa shape index (κ3) is 3.84. The maximum Gasteiger partial charge on any atom is 0.416 e. The van der Waals surface area contributed by atoms with Crippen molar-refractivity contribution in [3.63, 3.8) is 0 Å². The summed E-state index contributed by atoms with van der Waals surface area (Å²) in [7, 11) is 0. The number of alkyl halides is 3. The monoisotopic (exact) mass is 535 g/mol. The molecule has 0 fully saturated rings. The van der Waals surface area contributed by atoms with Crippen molar-refractivity contribution in [1.82, 2.24) is 19.7 Å². The molecule has 0 aliphatic heterocycles. The van der Waals surface area contributed by atoms with E-state index in [-0.39, 0.29) is 27.1 Å². The third-order valence-electron chi connectivity index (χ3n) is 4.90. The molecule has 0 unspecified atom stereocenters. The highest BCUT2D eigenvalue weighted by atomic mass is 35.5. The number of aromatic nitrogens is 4. The lowest BCUT2D eigenvalue weighted by molar-refractivity contribution is -0.137. The smallest absolute Gasteiger partial charge is 0.231 e. The number of halogens is 5. The van der Waals surface area contributed by atoms with E-state index in [4.69, 9.17) is 23.2 Å². The molecule has 4 aromatic heterocycles. The van der Waals surface area contributed by atoms with Crippen LogP contribution in [0.15, 0.2) is 41.8 Å². The van der Waals surface area contributed by atoms with E-state index in [0.717, 1.165) is 26.8 Å². The Balaban J connectivity index is 1.75. The number of hydrogen-bond donors (Lipinski definition) is 0. The van der Waals surface area contributed by atoms with Crippen molar-refractivity contribution >= 4 is 56.9 Å². The summed E-state index contributed by atoms with van der Waals surface area (Å²) in [5.41, 5.74) is -0.277. The van der Waals surface area contributed by atoms with Crippen LogP contribution in [0.25, 0.3) is 37.0 Å². The van der Waals surface area contributed by atoms with Crippen LogP contribution in [0.1, 0.15) is 17.1 Å². The molecular weight excluding hydrogens is 526 g/mol. The van der Waals surface area contributed by atoms with Gasteiger partial charge in [-0.2, -0.15) is 23.5 Å². The normalized spacial score (nSPS) is 11.8. The van der Waals surface area contributed by atoms with Gasteiger partial charge in [-0.15, -0.1) is 22.7 Å². The highest BCUT2D eigenvalue weighted by Gasteiger charge is 2.33. The highest BCUT2D eigenvalue weighted by Crippen LogP contribution is 2.41. The van der Waals surface area contributed by atoms with Crippen LogP contribution < -0.4 is 0 Å². The van der Waals surface area contributed by atoms with E-state index in [1.54, 1.807) is 18.3 Å². The van der Waals surface area contributed by atoms with Crippen molar-refractivity contribution in [2.75, 3.05) is 0 Å². The summed E-state index contributed by atoms with van der Waals surface area (Å²) in [6, 6.07) is 11.4. The molecule has 0 spiro atoms. The van der Waals surface area contributed by atoms with Gasteiger partial charge in [-0.1, -0.05) is 29.3 Å². The van der Waals surface area contributed by atoms with Crippen molar-refractivity contribution in [2.45, 2.75) is 13.1 Å². The van der Waals surface area contributed by atoms with Gasteiger partial charge in [0.05, 0.1) is 31.6 Å². The molecule has 0 amide bonds. The maximum absolute atomic E-state index is 13.2. The lowest BCUT2D eigenvalue weighted by Gasteiger charge is -2.13. The van der Waals surface area contributed by atoms with E-state index < -0.39 is 11.7 Å². The van der Waals surface area contributed by atoms with Crippen LogP contribution in [0.5, 0.6) is 0 Å². The summed E-state index contributed by atoms with van der Waals surface area (Å²) >= 11 is 15.5. The van der Waals surface area contributed by atoms with E-state index in [0.29, 0.717) is 16.9 Å². The standard InChI is InChI=1S/C22H10Cl2F3N5S2/c1-10-29-19(17-5-4-16(34-17)15-3-2-6-33-15)18-14(9-28)31-32(21(18)30-10)20-12(23)7-11(8-13(20)24)22(25,26)27/h2-8H,1H3. The predicted octanol–water partition coefficient (Wildman–Crippen LogP) is 7.78. The highest BCUT2D eigenvalue weighted by molar-refractivity contribution is 7.23. The number of thiophene rings is 2. The summed E-state index contributed by atoms with van der Waals surface area (Å²) in [6.45, 7) is 1.68. The number of nitriles is 1. The molecule has 0 saturated carbocycles. The summed E-state index contributed by atoms with van der Waals surface area (Å²) in [6.07, 6.45) is -4.62. The van der Waals surface area contributed by atoms with Gasteiger partial charge in [-0.05, 0) is 42.6 Å². The van der Waals surface area contributed by atoms with E-state index in [1.165, 1.54) is 16.0 Å². The van der Waals surface area contributed by atoms with Crippen LogP contribution in [0.4, 0.5) is 13.2 Å². The Morgan fingerprint density at radius 3 is 2.35 bits per heavy atom. The zero-order valence-electron chi connectivity index (χ0n) is 17.0. The molecular formula is C22H10Cl2F3N5S2. The minimum absolute atomic E-state index is 0.00247. The van der Waals surface area contributed by atoms with Gasteiger partial charge >= 0.3 is 6.18 Å². The van der Waals surface area contributed by atoms with Crippen LogP contribution in [-0.4, -0.2) is 19.7 Å². The largest absolute Gasteiger partial charge is 0.416 e. The third-order valence-corrected chi connectivity index (χ3v) is 7.64. The van der Waals surface area contributed by atoms with Crippen molar-refractivity contribution in [3.05, 3.63) is 68.9 Å². The zero-order valence-corrected chi connectivity index (χ0v) is 20.1. The van der Waals surface area contributed by atoms with Gasteiger partial charge in [0, 0.05) is 9.75 Å². The molecule has 5 nitrogen and oxygen atoms in total. The first-order chi connectivity index (χ1) is 16.2. The summed E-state index contributed by atoms with van der Waals surface area (Å²) in [5.74, 6) is 0.387. The van der Waals surface area contributed by atoms with E-state index in [9.17, 15) is 18.4 Å². The van der Waals surface area contributed by atoms with Gasteiger partial charge in [0.1, 0.15) is 17.6 Å². The molecule has 4 heterocycles. The van der Waals surface area contributed by atoms with Crippen LogP contribution in [0.3, 0.4) is 0 Å². The van der Waals surface area contributed by atoms with Crippen molar-refractivity contribution < 1.29 is 13.2 Å². The number of hydrogen-bond acceptors (Lipinski definition) is 6. The number of nitrogens with zero attached hydrogens (tertiary/aromatic N) is 5. The maximum atomic E-state index is 13.2. The van der Waals surface area contributed by atoms with Gasteiger partial charge in [-0.3, -0.25) is 0 Å². The molecule has 0 saturated heterocycles. The Labute approximate surface area is 208 Å². The summed E-state index contributed by atoms with van der Waals surface area (Å²) in [5, 5.41) is 15.9. The Morgan fingerprint density at radius 2 is 1.74 bits per heavy atom. The summed E-state index contributed by atoms with van der Waals surface area (Å²) < 4.78 is 40.8. The van der Waals surface area contributed by atoms with Gasteiger partial charge in [-0.25, -0.2) is 14.6 Å². The van der Waals surface area contributed by atoms with Crippen LogP contribution in [0, 0.1) is 18.3 Å². The number of benzene rings is 1. The van der Waals surface area contributed by atoms with Crippen LogP contribution in [-0.2, 0) is 6.18 Å². The van der Waals surface area contributed by atoms with Gasteiger partial charge in [0.2, 0.25) is 0 Å². The predicted molar refractivity (Wildman–Crippen MR) is 128 cm³/mol. The van der Waals surface area contributed by atoms with Crippen molar-refractivity contribution in [3.8, 4) is 32.1 Å². The second-order valence-electron chi connectivity index (χ2n) is 7.12. The molecule has 5 aromatic rings. The van der Waals surface area contributed by atoms with E-state index in [1.807, 2.05) is 35.7 Å². The lowest BCUT2D eigenvalue weighted by Crippen LogP contribution is -2.07. The second kappa shape index (κ2) is 8.36. The number of rotatable bonds is 3. The number of fused-ring (bicyclic) bond motifs is 1. The minimum atomic E-state index is -4.62. The van der Waals surface area contributed by atoms with Gasteiger partial charge in [0.15, 0.2) is 11.3 Å². The Morgan fingerprint density at radius 1 is 1.03 bits per heavy atom. The average Bonchev–Trinajstić information content (AvgIpc) is 3.52. The quantitative estimate of drug-likeness (QED) is 0.236. The molecule has 1 aromatic carbocycles. The van der Waals surface area contributed by atoms with Gasteiger partial charge < -0.3 is 0 Å². The Hall–Kier alpha value is -2.97. The average molecular weight is 536 g/mol. The molecule has 0 radical (unpaired) electrons. The molecule has 0 aliphatic rings. The summed E-state index contributed by atoms with van der Waals surface area (Å²) in [4.78, 5) is 11.9. The van der Waals surface area contributed by atoms with Crippen molar-refractivity contribution in [2.24, 2.45) is 0 Å². The topological polar surface area (TPSA) is 67.4 Å². The zero-order chi connectivity index (χ0) is 24.2. The SMILES string of the molecule is Cc1nc(-c2ccc(-c3cccs3)s2)c2c(C#N)nn(-c3c(Cl)cc(C(F)(F)F)cc3Cl)c2n1. The second-order valence-corrected chi connectivity index (χ2v) is 9.96. The molecule has 5 rings (SSSR count). The van der Waals surface area contributed by atoms with Crippen LogP contribution in [0.2, 0.25) is 10.0 Å². The van der Waals surface area contributed by atoms with Crippen LogP contribution >= 0.6 is 45.9 Å². The first kappa shape index (κ1) is 22.8.